The fourth-order valence-corrected chi connectivity index (χ4v) is 2.55. The average molecular weight is 292 g/mol. The first-order valence-corrected chi connectivity index (χ1v) is 7.24. The van der Waals surface area contributed by atoms with E-state index in [1.165, 1.54) is 6.08 Å². The van der Waals surface area contributed by atoms with E-state index in [0.29, 0.717) is 18.1 Å². The highest BCUT2D eigenvalue weighted by atomic mass is 16.7. The van der Waals surface area contributed by atoms with Gasteiger partial charge in [0, 0.05) is 6.61 Å². The Balaban J connectivity index is 1.77. The highest BCUT2D eigenvalue weighted by Crippen LogP contribution is 2.37. The molecule has 2 aliphatic rings. The van der Waals surface area contributed by atoms with Gasteiger partial charge in [-0.3, -0.25) is 0 Å². The molecule has 1 aromatic rings. The van der Waals surface area contributed by atoms with Gasteiger partial charge in [0.25, 0.3) is 0 Å². The molecule has 0 bridgehead atoms. The van der Waals surface area contributed by atoms with Crippen LogP contribution >= 0.6 is 0 Å². The zero-order valence-corrected chi connectivity index (χ0v) is 11.9. The molecule has 21 heavy (non-hydrogen) atoms. The van der Waals surface area contributed by atoms with E-state index in [1.54, 1.807) is 6.07 Å². The molecule has 2 aliphatic heterocycles. The van der Waals surface area contributed by atoms with Crippen molar-refractivity contribution in [3.8, 4) is 11.5 Å². The Morgan fingerprint density at radius 1 is 1.33 bits per heavy atom. The number of rotatable bonds is 5. The fraction of sp³-hybridized carbons (Fsp3) is 0.500. The van der Waals surface area contributed by atoms with Gasteiger partial charge in [0.2, 0.25) is 6.79 Å². The van der Waals surface area contributed by atoms with Crippen LogP contribution in [0.1, 0.15) is 36.5 Å². The SMILES string of the molecule is C=CC(O)c1cc2c(cc1COC1CCCCO1)OCO2. The summed E-state index contributed by atoms with van der Waals surface area (Å²) >= 11 is 0. The molecule has 1 aromatic carbocycles. The van der Waals surface area contributed by atoms with Crippen LogP contribution in [0.5, 0.6) is 11.5 Å². The molecule has 0 saturated carbocycles. The molecule has 1 N–H and O–H groups in total. The predicted octanol–water partition coefficient (Wildman–Crippen LogP) is 2.68. The third-order valence-corrected chi connectivity index (χ3v) is 3.74. The molecular weight excluding hydrogens is 272 g/mol. The molecule has 2 unspecified atom stereocenters. The van der Waals surface area contributed by atoms with Crippen molar-refractivity contribution in [2.75, 3.05) is 13.4 Å². The zero-order valence-electron chi connectivity index (χ0n) is 11.9. The zero-order chi connectivity index (χ0) is 14.7. The van der Waals surface area contributed by atoms with Gasteiger partial charge in [-0.05, 0) is 42.5 Å². The van der Waals surface area contributed by atoms with Crippen LogP contribution in [0.4, 0.5) is 0 Å². The topological polar surface area (TPSA) is 57.2 Å². The number of fused-ring (bicyclic) bond motifs is 1. The lowest BCUT2D eigenvalue weighted by Gasteiger charge is -2.23. The molecule has 5 heteroatoms. The highest BCUT2D eigenvalue weighted by Gasteiger charge is 2.21. The van der Waals surface area contributed by atoms with Crippen molar-refractivity contribution in [3.63, 3.8) is 0 Å². The van der Waals surface area contributed by atoms with Crippen molar-refractivity contribution in [2.24, 2.45) is 0 Å². The Morgan fingerprint density at radius 3 is 2.86 bits per heavy atom. The summed E-state index contributed by atoms with van der Waals surface area (Å²) in [6, 6.07) is 3.64. The Bertz CT molecular complexity index is 508. The molecule has 3 rings (SSSR count). The van der Waals surface area contributed by atoms with Crippen LogP contribution in [-0.4, -0.2) is 24.8 Å². The Labute approximate surface area is 124 Å². The van der Waals surface area contributed by atoms with Crippen LogP contribution in [0.2, 0.25) is 0 Å². The van der Waals surface area contributed by atoms with E-state index in [9.17, 15) is 5.11 Å². The van der Waals surface area contributed by atoms with Crippen molar-refractivity contribution in [2.45, 2.75) is 38.3 Å². The second kappa shape index (κ2) is 6.47. The summed E-state index contributed by atoms with van der Waals surface area (Å²) in [7, 11) is 0. The van der Waals surface area contributed by atoms with Gasteiger partial charge in [-0.2, -0.15) is 0 Å². The van der Waals surface area contributed by atoms with Crippen LogP contribution < -0.4 is 9.47 Å². The van der Waals surface area contributed by atoms with Gasteiger partial charge in [0.1, 0.15) is 0 Å². The third-order valence-electron chi connectivity index (χ3n) is 3.74. The normalized spacial score (nSPS) is 22.0. The molecule has 0 amide bonds. The summed E-state index contributed by atoms with van der Waals surface area (Å²) in [5, 5.41) is 10.1. The maximum atomic E-state index is 10.1. The first-order valence-electron chi connectivity index (χ1n) is 7.24. The van der Waals surface area contributed by atoms with E-state index >= 15 is 0 Å². The van der Waals surface area contributed by atoms with Gasteiger partial charge in [-0.15, -0.1) is 6.58 Å². The number of hydrogen-bond acceptors (Lipinski definition) is 5. The minimum Gasteiger partial charge on any atom is -0.454 e. The van der Waals surface area contributed by atoms with Crippen molar-refractivity contribution in [1.82, 2.24) is 0 Å². The van der Waals surface area contributed by atoms with Crippen molar-refractivity contribution >= 4 is 0 Å². The first kappa shape index (κ1) is 14.4. The molecule has 0 aromatic heterocycles. The van der Waals surface area contributed by atoms with Gasteiger partial charge >= 0.3 is 0 Å². The van der Waals surface area contributed by atoms with Gasteiger partial charge in [0.05, 0.1) is 12.7 Å². The molecule has 0 spiro atoms. The lowest BCUT2D eigenvalue weighted by molar-refractivity contribution is -0.169. The van der Waals surface area contributed by atoms with Gasteiger partial charge < -0.3 is 24.1 Å². The molecule has 0 aliphatic carbocycles. The minimum atomic E-state index is -0.759. The molecule has 0 radical (unpaired) electrons. The summed E-state index contributed by atoms with van der Waals surface area (Å²) in [5.41, 5.74) is 1.59. The number of aliphatic hydroxyl groups is 1. The van der Waals surface area contributed by atoms with Crippen molar-refractivity contribution < 1.29 is 24.1 Å². The van der Waals surface area contributed by atoms with E-state index in [0.717, 1.165) is 37.0 Å². The largest absolute Gasteiger partial charge is 0.454 e. The summed E-state index contributed by atoms with van der Waals surface area (Å²) in [5.74, 6) is 1.32. The molecule has 5 nitrogen and oxygen atoms in total. The van der Waals surface area contributed by atoms with Crippen molar-refractivity contribution in [3.05, 3.63) is 35.9 Å². The van der Waals surface area contributed by atoms with E-state index in [2.05, 4.69) is 6.58 Å². The minimum absolute atomic E-state index is 0.169. The van der Waals surface area contributed by atoms with Crippen LogP contribution in [-0.2, 0) is 16.1 Å². The van der Waals surface area contributed by atoms with Crippen LogP contribution in [0.3, 0.4) is 0 Å². The van der Waals surface area contributed by atoms with Crippen LogP contribution in [0, 0.1) is 0 Å². The Kier molecular flexibility index (Phi) is 4.43. The lowest BCUT2D eigenvalue weighted by Crippen LogP contribution is -2.22. The highest BCUT2D eigenvalue weighted by molar-refractivity contribution is 5.49. The smallest absolute Gasteiger partial charge is 0.231 e. The lowest BCUT2D eigenvalue weighted by atomic mass is 10.0. The molecule has 1 saturated heterocycles. The third kappa shape index (κ3) is 3.20. The van der Waals surface area contributed by atoms with E-state index in [4.69, 9.17) is 18.9 Å². The van der Waals surface area contributed by atoms with Crippen LogP contribution in [0.25, 0.3) is 0 Å². The summed E-state index contributed by atoms with van der Waals surface area (Å²) in [6.07, 6.45) is 3.67. The molecular formula is C16H20O5. The van der Waals surface area contributed by atoms with E-state index in [1.807, 2.05) is 6.07 Å². The summed E-state index contributed by atoms with van der Waals surface area (Å²) < 4.78 is 22.1. The standard InChI is InChI=1S/C16H20O5/c1-2-13(17)12-8-15-14(20-10-21-15)7-11(12)9-19-16-5-3-4-6-18-16/h2,7-8,13,16-17H,1,3-6,9-10H2. The first-order chi connectivity index (χ1) is 10.3. The fourth-order valence-electron chi connectivity index (χ4n) is 2.55. The Morgan fingerprint density at radius 2 is 2.14 bits per heavy atom. The summed E-state index contributed by atoms with van der Waals surface area (Å²) in [6.45, 7) is 4.94. The van der Waals surface area contributed by atoms with Gasteiger partial charge in [0.15, 0.2) is 17.8 Å². The number of ether oxygens (including phenoxy) is 4. The summed E-state index contributed by atoms with van der Waals surface area (Å²) in [4.78, 5) is 0. The molecule has 114 valence electrons. The van der Waals surface area contributed by atoms with Gasteiger partial charge in [-0.25, -0.2) is 0 Å². The maximum absolute atomic E-state index is 10.1. The Hall–Kier alpha value is -1.56. The monoisotopic (exact) mass is 292 g/mol. The number of aliphatic hydroxyl groups excluding tert-OH is 1. The maximum Gasteiger partial charge on any atom is 0.231 e. The second-order valence-electron chi connectivity index (χ2n) is 5.19. The molecule has 2 atom stereocenters. The molecule has 1 fully saturated rings. The number of benzene rings is 1. The molecule has 2 heterocycles. The van der Waals surface area contributed by atoms with E-state index in [-0.39, 0.29) is 13.1 Å². The van der Waals surface area contributed by atoms with Gasteiger partial charge in [-0.1, -0.05) is 6.08 Å². The van der Waals surface area contributed by atoms with Crippen molar-refractivity contribution in [1.29, 1.82) is 0 Å². The number of hydrogen-bond donors (Lipinski definition) is 1. The second-order valence-corrected chi connectivity index (χ2v) is 5.19. The van der Waals surface area contributed by atoms with E-state index < -0.39 is 6.10 Å². The van der Waals surface area contributed by atoms with Crippen LogP contribution in [0.15, 0.2) is 24.8 Å². The predicted molar refractivity (Wildman–Crippen MR) is 76.1 cm³/mol. The average Bonchev–Trinajstić information content (AvgIpc) is 2.99. The quantitative estimate of drug-likeness (QED) is 0.846.